The van der Waals surface area contributed by atoms with Crippen molar-refractivity contribution >= 4 is 5.95 Å². The van der Waals surface area contributed by atoms with Crippen LogP contribution in [0.1, 0.15) is 24.5 Å². The molecule has 2 aromatic rings. The van der Waals surface area contributed by atoms with Crippen molar-refractivity contribution in [3.05, 3.63) is 36.7 Å². The summed E-state index contributed by atoms with van der Waals surface area (Å²) in [7, 11) is 1.94. The molecule has 2 aromatic heterocycles. The lowest BCUT2D eigenvalue weighted by Crippen LogP contribution is -2.15. The summed E-state index contributed by atoms with van der Waals surface area (Å²) in [6.07, 6.45) is 5.51. The van der Waals surface area contributed by atoms with Gasteiger partial charge in [0.1, 0.15) is 6.33 Å². The Bertz CT molecular complexity index is 539. The second-order valence-electron chi connectivity index (χ2n) is 4.26. The highest BCUT2D eigenvalue weighted by Gasteiger charge is 2.17. The first kappa shape index (κ1) is 12.3. The minimum Gasteiger partial charge on any atom is -0.352 e. The number of anilines is 1. The summed E-state index contributed by atoms with van der Waals surface area (Å²) in [5.41, 5.74) is 0.968. The summed E-state index contributed by atoms with van der Waals surface area (Å²) in [6, 6.07) is 0.0750. The zero-order valence-electron chi connectivity index (χ0n) is 11.0. The molecule has 6 heteroatoms. The quantitative estimate of drug-likeness (QED) is 0.813. The molecule has 0 aliphatic heterocycles. The zero-order valence-corrected chi connectivity index (χ0v) is 11.0. The van der Waals surface area contributed by atoms with Crippen LogP contribution in [-0.4, -0.2) is 30.9 Å². The van der Waals surface area contributed by atoms with E-state index in [1.165, 1.54) is 0 Å². The highest BCUT2D eigenvalue weighted by Crippen LogP contribution is 2.20. The molecule has 1 atom stereocenters. The molecular weight excluding hydrogens is 228 g/mol. The molecule has 0 radical (unpaired) electrons. The molecule has 96 valence electrons. The topological polar surface area (TPSA) is 60.6 Å². The van der Waals surface area contributed by atoms with Crippen LogP contribution in [0, 0.1) is 6.92 Å². The second-order valence-corrected chi connectivity index (χ2v) is 4.26. The van der Waals surface area contributed by atoms with E-state index in [-0.39, 0.29) is 6.04 Å². The van der Waals surface area contributed by atoms with E-state index < -0.39 is 0 Å². The number of nitrogens with one attached hydrogen (secondary N) is 1. The van der Waals surface area contributed by atoms with Crippen LogP contribution in [-0.2, 0) is 7.05 Å². The van der Waals surface area contributed by atoms with Gasteiger partial charge < -0.3 is 14.5 Å². The summed E-state index contributed by atoms with van der Waals surface area (Å²) < 4.78 is 3.97. The Morgan fingerprint density at radius 2 is 2.33 bits per heavy atom. The Balaban J connectivity index is 2.32. The van der Waals surface area contributed by atoms with Crippen LogP contribution < -0.4 is 5.32 Å². The van der Waals surface area contributed by atoms with Crippen molar-refractivity contribution in [1.29, 1.82) is 0 Å². The van der Waals surface area contributed by atoms with Crippen LogP contribution in [0.4, 0.5) is 5.95 Å². The Kier molecular flexibility index (Phi) is 3.45. The van der Waals surface area contributed by atoms with Crippen molar-refractivity contribution < 1.29 is 0 Å². The molecule has 18 heavy (non-hydrogen) atoms. The number of hydrogen-bond acceptors (Lipinski definition) is 4. The number of nitrogens with zero attached hydrogens (tertiary/aromatic N) is 5. The standard InChI is InChI=1S/C12H18N6/c1-5-6-13-12-15-9(2)7-18(12)10(3)11-16-14-8-17(11)4/h5,7-8,10H,1,6H2,2-4H3,(H,13,15). The Labute approximate surface area is 106 Å². The number of imidazole rings is 1. The van der Waals surface area contributed by atoms with E-state index in [1.54, 1.807) is 12.4 Å². The lowest BCUT2D eigenvalue weighted by atomic mass is 10.3. The van der Waals surface area contributed by atoms with Crippen molar-refractivity contribution in [3.63, 3.8) is 0 Å². The fraction of sp³-hybridized carbons (Fsp3) is 0.417. The first-order valence-corrected chi connectivity index (χ1v) is 5.87. The average molecular weight is 246 g/mol. The first-order valence-electron chi connectivity index (χ1n) is 5.87. The third-order valence-corrected chi connectivity index (χ3v) is 2.79. The van der Waals surface area contributed by atoms with Crippen LogP contribution >= 0.6 is 0 Å². The molecule has 1 N–H and O–H groups in total. The molecule has 2 rings (SSSR count). The Hall–Kier alpha value is -2.11. The maximum atomic E-state index is 4.46. The molecule has 0 bridgehead atoms. The van der Waals surface area contributed by atoms with Crippen molar-refractivity contribution in [1.82, 2.24) is 24.3 Å². The monoisotopic (exact) mass is 246 g/mol. The van der Waals surface area contributed by atoms with Gasteiger partial charge in [0.15, 0.2) is 5.82 Å². The fourth-order valence-electron chi connectivity index (χ4n) is 1.90. The largest absolute Gasteiger partial charge is 0.352 e. The van der Waals surface area contributed by atoms with Gasteiger partial charge in [-0.25, -0.2) is 4.98 Å². The molecule has 0 spiro atoms. The minimum absolute atomic E-state index is 0.0750. The van der Waals surface area contributed by atoms with Crippen LogP contribution in [0.5, 0.6) is 0 Å². The maximum absolute atomic E-state index is 4.46. The third-order valence-electron chi connectivity index (χ3n) is 2.79. The van der Waals surface area contributed by atoms with Crippen LogP contribution in [0.2, 0.25) is 0 Å². The second kappa shape index (κ2) is 5.03. The lowest BCUT2D eigenvalue weighted by Gasteiger charge is -2.15. The molecule has 6 nitrogen and oxygen atoms in total. The van der Waals surface area contributed by atoms with Gasteiger partial charge in [0.25, 0.3) is 0 Å². The molecule has 0 aromatic carbocycles. The van der Waals surface area contributed by atoms with Gasteiger partial charge in [-0.15, -0.1) is 16.8 Å². The van der Waals surface area contributed by atoms with E-state index >= 15 is 0 Å². The van der Waals surface area contributed by atoms with Gasteiger partial charge in [-0.2, -0.15) is 0 Å². The maximum Gasteiger partial charge on any atom is 0.203 e. The summed E-state index contributed by atoms with van der Waals surface area (Å²) in [6.45, 7) is 8.42. The zero-order chi connectivity index (χ0) is 13.1. The van der Waals surface area contributed by atoms with Gasteiger partial charge in [0, 0.05) is 19.8 Å². The van der Waals surface area contributed by atoms with Gasteiger partial charge in [0.05, 0.1) is 11.7 Å². The van der Waals surface area contributed by atoms with Gasteiger partial charge in [0.2, 0.25) is 5.95 Å². The fourth-order valence-corrected chi connectivity index (χ4v) is 1.90. The van der Waals surface area contributed by atoms with Gasteiger partial charge in [-0.3, -0.25) is 0 Å². The summed E-state index contributed by atoms with van der Waals surface area (Å²) >= 11 is 0. The molecule has 0 fully saturated rings. The van der Waals surface area contributed by atoms with Gasteiger partial charge >= 0.3 is 0 Å². The Morgan fingerprint density at radius 1 is 1.56 bits per heavy atom. The lowest BCUT2D eigenvalue weighted by molar-refractivity contribution is 0.578. The van der Waals surface area contributed by atoms with Gasteiger partial charge in [-0.05, 0) is 13.8 Å². The van der Waals surface area contributed by atoms with E-state index in [0.717, 1.165) is 17.5 Å². The number of hydrogen-bond donors (Lipinski definition) is 1. The normalized spacial score (nSPS) is 12.4. The highest BCUT2D eigenvalue weighted by molar-refractivity contribution is 5.31. The summed E-state index contributed by atoms with van der Waals surface area (Å²) in [4.78, 5) is 4.46. The molecule has 0 aliphatic carbocycles. The van der Waals surface area contributed by atoms with Crippen molar-refractivity contribution in [2.75, 3.05) is 11.9 Å². The number of rotatable bonds is 5. The average Bonchev–Trinajstić information content (AvgIpc) is 2.92. The third kappa shape index (κ3) is 2.27. The van der Waals surface area contributed by atoms with Crippen LogP contribution in [0.25, 0.3) is 0 Å². The number of aryl methyl sites for hydroxylation is 2. The van der Waals surface area contributed by atoms with E-state index in [0.29, 0.717) is 6.54 Å². The van der Waals surface area contributed by atoms with Crippen molar-refractivity contribution in [2.24, 2.45) is 7.05 Å². The molecular formula is C12H18N6. The first-order chi connectivity index (χ1) is 8.63. The molecule has 0 amide bonds. The molecule has 0 saturated carbocycles. The summed E-state index contributed by atoms with van der Waals surface area (Å²) in [5.74, 6) is 1.72. The molecule has 1 unspecified atom stereocenters. The van der Waals surface area contributed by atoms with Crippen molar-refractivity contribution in [3.8, 4) is 0 Å². The van der Waals surface area contributed by atoms with E-state index in [4.69, 9.17) is 0 Å². The van der Waals surface area contributed by atoms with E-state index in [1.807, 2.05) is 24.7 Å². The minimum atomic E-state index is 0.0750. The SMILES string of the molecule is C=CCNc1nc(C)cn1C(C)c1nncn1C. The predicted molar refractivity (Wildman–Crippen MR) is 70.5 cm³/mol. The smallest absolute Gasteiger partial charge is 0.203 e. The number of aromatic nitrogens is 5. The van der Waals surface area contributed by atoms with Crippen LogP contribution in [0.3, 0.4) is 0 Å². The van der Waals surface area contributed by atoms with E-state index in [2.05, 4.69) is 38.6 Å². The van der Waals surface area contributed by atoms with Crippen LogP contribution in [0.15, 0.2) is 25.2 Å². The highest BCUT2D eigenvalue weighted by atomic mass is 15.3. The predicted octanol–water partition coefficient (Wildman–Crippen LogP) is 1.53. The molecule has 0 saturated heterocycles. The molecule has 2 heterocycles. The molecule has 0 aliphatic rings. The van der Waals surface area contributed by atoms with Crippen molar-refractivity contribution in [2.45, 2.75) is 19.9 Å². The van der Waals surface area contributed by atoms with Gasteiger partial charge in [-0.1, -0.05) is 6.08 Å². The van der Waals surface area contributed by atoms with E-state index in [9.17, 15) is 0 Å². The Morgan fingerprint density at radius 3 is 2.94 bits per heavy atom. The summed E-state index contributed by atoms with van der Waals surface area (Å²) in [5, 5.41) is 11.3.